The van der Waals surface area contributed by atoms with Gasteiger partial charge in [-0.1, -0.05) is 13.0 Å². The van der Waals surface area contributed by atoms with E-state index in [1.165, 1.54) is 0 Å². The molecule has 2 aromatic heterocycles. The van der Waals surface area contributed by atoms with Crippen LogP contribution in [0.5, 0.6) is 0 Å². The van der Waals surface area contributed by atoms with Crippen molar-refractivity contribution in [3.8, 4) is 0 Å². The third-order valence-electron chi connectivity index (χ3n) is 3.82. The average Bonchev–Trinajstić information content (AvgIpc) is 2.89. The van der Waals surface area contributed by atoms with Crippen LogP contribution < -0.4 is 5.32 Å². The lowest BCUT2D eigenvalue weighted by molar-refractivity contribution is -0.148. The number of ether oxygens (including phenoxy) is 1. The Kier molecular flexibility index (Phi) is 4.96. The molecule has 2 aromatic rings. The lowest BCUT2D eigenvalue weighted by atomic mass is 10.0. The SMILES string of the molecule is CCOC(=O)C(C)C(C)NCc1cnc2c(C)cccn12. The number of pyridine rings is 1. The predicted octanol–water partition coefficient (Wildman–Crippen LogP) is 2.32. The van der Waals surface area contributed by atoms with Gasteiger partial charge in [0.15, 0.2) is 0 Å². The van der Waals surface area contributed by atoms with E-state index in [9.17, 15) is 4.79 Å². The van der Waals surface area contributed by atoms with E-state index in [1.54, 1.807) is 0 Å². The van der Waals surface area contributed by atoms with Gasteiger partial charge < -0.3 is 14.5 Å². The molecule has 0 amide bonds. The fourth-order valence-corrected chi connectivity index (χ4v) is 2.25. The van der Waals surface area contributed by atoms with Crippen molar-refractivity contribution in [2.75, 3.05) is 6.61 Å². The van der Waals surface area contributed by atoms with Crippen molar-refractivity contribution in [3.63, 3.8) is 0 Å². The summed E-state index contributed by atoms with van der Waals surface area (Å²) in [5.41, 5.74) is 3.20. The molecule has 1 N–H and O–H groups in total. The molecule has 2 heterocycles. The summed E-state index contributed by atoms with van der Waals surface area (Å²) in [5.74, 6) is -0.336. The number of carbonyl (C=O) groups excluding carboxylic acids is 1. The number of hydrogen-bond acceptors (Lipinski definition) is 4. The van der Waals surface area contributed by atoms with E-state index >= 15 is 0 Å². The number of esters is 1. The van der Waals surface area contributed by atoms with Crippen molar-refractivity contribution < 1.29 is 9.53 Å². The summed E-state index contributed by atoms with van der Waals surface area (Å²) in [4.78, 5) is 16.2. The van der Waals surface area contributed by atoms with Crippen LogP contribution in [0.15, 0.2) is 24.5 Å². The fourth-order valence-electron chi connectivity index (χ4n) is 2.25. The van der Waals surface area contributed by atoms with Crippen LogP contribution in [-0.4, -0.2) is 28.0 Å². The molecule has 0 aliphatic heterocycles. The number of nitrogens with zero attached hydrogens (tertiary/aromatic N) is 2. The van der Waals surface area contributed by atoms with E-state index in [4.69, 9.17) is 4.74 Å². The van der Waals surface area contributed by atoms with Gasteiger partial charge in [0.25, 0.3) is 0 Å². The van der Waals surface area contributed by atoms with Crippen molar-refractivity contribution in [1.29, 1.82) is 0 Å². The molecule has 0 saturated carbocycles. The van der Waals surface area contributed by atoms with E-state index < -0.39 is 0 Å². The number of aromatic nitrogens is 2. The van der Waals surface area contributed by atoms with Crippen LogP contribution in [0.25, 0.3) is 5.65 Å². The van der Waals surface area contributed by atoms with Crippen LogP contribution in [0.4, 0.5) is 0 Å². The first-order valence-corrected chi connectivity index (χ1v) is 7.36. The molecular formula is C16H23N3O2. The van der Waals surface area contributed by atoms with Gasteiger partial charge in [-0.3, -0.25) is 4.79 Å². The molecule has 0 spiro atoms. The van der Waals surface area contributed by atoms with Gasteiger partial charge >= 0.3 is 5.97 Å². The molecular weight excluding hydrogens is 266 g/mol. The Labute approximate surface area is 125 Å². The van der Waals surface area contributed by atoms with Crippen molar-refractivity contribution in [2.24, 2.45) is 5.92 Å². The lowest BCUT2D eigenvalue weighted by Gasteiger charge is -2.19. The number of imidazole rings is 1. The van der Waals surface area contributed by atoms with Crippen LogP contribution in [-0.2, 0) is 16.1 Å². The second-order valence-electron chi connectivity index (χ2n) is 5.34. The van der Waals surface area contributed by atoms with Gasteiger partial charge in [-0.15, -0.1) is 0 Å². The Balaban J connectivity index is 2.01. The Morgan fingerprint density at radius 2 is 2.24 bits per heavy atom. The zero-order chi connectivity index (χ0) is 15.4. The first-order valence-electron chi connectivity index (χ1n) is 7.36. The Hall–Kier alpha value is -1.88. The highest BCUT2D eigenvalue weighted by molar-refractivity contribution is 5.72. The second kappa shape index (κ2) is 6.72. The minimum Gasteiger partial charge on any atom is -0.466 e. The number of rotatable bonds is 6. The monoisotopic (exact) mass is 289 g/mol. The molecule has 0 aromatic carbocycles. The van der Waals surface area contributed by atoms with Gasteiger partial charge in [0, 0.05) is 18.8 Å². The van der Waals surface area contributed by atoms with Crippen molar-refractivity contribution in [3.05, 3.63) is 35.8 Å². The minimum atomic E-state index is -0.175. The zero-order valence-corrected chi connectivity index (χ0v) is 13.1. The molecule has 21 heavy (non-hydrogen) atoms. The van der Waals surface area contributed by atoms with Crippen LogP contribution in [0.2, 0.25) is 0 Å². The molecule has 0 aliphatic carbocycles. The van der Waals surface area contributed by atoms with Crippen LogP contribution in [0.3, 0.4) is 0 Å². The van der Waals surface area contributed by atoms with E-state index in [0.29, 0.717) is 13.2 Å². The standard InChI is InChI=1S/C16H23N3O2/c1-5-21-16(20)12(3)13(4)17-9-14-10-18-15-11(2)7-6-8-19(14)15/h6-8,10,12-13,17H,5,9H2,1-4H3. The van der Waals surface area contributed by atoms with Gasteiger partial charge in [0.2, 0.25) is 0 Å². The van der Waals surface area contributed by atoms with E-state index in [1.807, 2.05) is 52.2 Å². The summed E-state index contributed by atoms with van der Waals surface area (Å²) in [6.45, 7) is 8.83. The summed E-state index contributed by atoms with van der Waals surface area (Å²) in [6.07, 6.45) is 3.88. The number of aryl methyl sites for hydroxylation is 1. The molecule has 0 fully saturated rings. The number of fused-ring (bicyclic) bond motifs is 1. The summed E-state index contributed by atoms with van der Waals surface area (Å²) in [6, 6.07) is 4.10. The summed E-state index contributed by atoms with van der Waals surface area (Å²) >= 11 is 0. The molecule has 2 atom stereocenters. The van der Waals surface area contributed by atoms with E-state index in [-0.39, 0.29) is 17.9 Å². The predicted molar refractivity (Wildman–Crippen MR) is 82.0 cm³/mol. The second-order valence-corrected chi connectivity index (χ2v) is 5.34. The van der Waals surface area contributed by atoms with E-state index in [2.05, 4.69) is 14.7 Å². The summed E-state index contributed by atoms with van der Waals surface area (Å²) < 4.78 is 7.12. The first-order chi connectivity index (χ1) is 10.0. The van der Waals surface area contributed by atoms with Gasteiger partial charge in [-0.2, -0.15) is 0 Å². The quantitative estimate of drug-likeness (QED) is 0.829. The third kappa shape index (κ3) is 3.42. The fraction of sp³-hybridized carbons (Fsp3) is 0.500. The van der Waals surface area contributed by atoms with Gasteiger partial charge in [-0.25, -0.2) is 4.98 Å². The molecule has 0 radical (unpaired) electrons. The Bertz CT molecular complexity index is 621. The van der Waals surface area contributed by atoms with Crippen molar-refractivity contribution >= 4 is 11.6 Å². The van der Waals surface area contributed by atoms with Crippen LogP contribution in [0, 0.1) is 12.8 Å². The van der Waals surface area contributed by atoms with Crippen LogP contribution >= 0.6 is 0 Å². The molecule has 0 aliphatic rings. The normalized spacial score (nSPS) is 14.1. The molecule has 2 unspecified atom stereocenters. The van der Waals surface area contributed by atoms with Gasteiger partial charge in [-0.05, 0) is 32.4 Å². The maximum absolute atomic E-state index is 11.7. The maximum Gasteiger partial charge on any atom is 0.310 e. The molecule has 0 bridgehead atoms. The number of nitrogens with one attached hydrogen (secondary N) is 1. The Morgan fingerprint density at radius 3 is 2.95 bits per heavy atom. The van der Waals surface area contributed by atoms with Crippen molar-refractivity contribution in [2.45, 2.75) is 40.3 Å². The zero-order valence-electron chi connectivity index (χ0n) is 13.1. The number of carbonyl (C=O) groups is 1. The highest BCUT2D eigenvalue weighted by Gasteiger charge is 2.21. The summed E-state index contributed by atoms with van der Waals surface area (Å²) in [7, 11) is 0. The van der Waals surface area contributed by atoms with Crippen LogP contribution in [0.1, 0.15) is 32.0 Å². The largest absolute Gasteiger partial charge is 0.466 e. The molecule has 114 valence electrons. The third-order valence-corrected chi connectivity index (χ3v) is 3.82. The molecule has 2 rings (SSSR count). The van der Waals surface area contributed by atoms with E-state index in [0.717, 1.165) is 16.9 Å². The topological polar surface area (TPSA) is 55.6 Å². The minimum absolute atomic E-state index is 0.0411. The van der Waals surface area contributed by atoms with Crippen molar-refractivity contribution in [1.82, 2.24) is 14.7 Å². The lowest BCUT2D eigenvalue weighted by Crippen LogP contribution is -2.36. The van der Waals surface area contributed by atoms with Gasteiger partial charge in [0.1, 0.15) is 5.65 Å². The maximum atomic E-state index is 11.7. The smallest absolute Gasteiger partial charge is 0.310 e. The molecule has 5 heteroatoms. The highest BCUT2D eigenvalue weighted by Crippen LogP contribution is 2.12. The summed E-state index contributed by atoms with van der Waals surface area (Å²) in [5, 5.41) is 3.37. The molecule has 0 saturated heterocycles. The average molecular weight is 289 g/mol. The molecule has 5 nitrogen and oxygen atoms in total. The van der Waals surface area contributed by atoms with Gasteiger partial charge in [0.05, 0.1) is 24.4 Å². The first kappa shape index (κ1) is 15.5. The highest BCUT2D eigenvalue weighted by atomic mass is 16.5. The number of hydrogen-bond donors (Lipinski definition) is 1. The Morgan fingerprint density at radius 1 is 1.48 bits per heavy atom.